The third-order valence-corrected chi connectivity index (χ3v) is 3.33. The molecule has 106 valence electrons. The first-order chi connectivity index (χ1) is 9.18. The first-order valence-electron chi connectivity index (χ1n) is 5.74. The highest BCUT2D eigenvalue weighted by Gasteiger charge is 2.47. The summed E-state index contributed by atoms with van der Waals surface area (Å²) in [6, 6.07) is 3.19. The minimum atomic E-state index is -4.82. The zero-order valence-electron chi connectivity index (χ0n) is 10.3. The molecule has 2 N–H and O–H groups in total. The number of halogens is 3. The van der Waals surface area contributed by atoms with Gasteiger partial charge < -0.3 is 10.2 Å². The van der Waals surface area contributed by atoms with Crippen molar-refractivity contribution in [3.8, 4) is 6.07 Å². The maximum absolute atomic E-state index is 13.0. The minimum absolute atomic E-state index is 0.257. The van der Waals surface area contributed by atoms with Crippen molar-refractivity contribution in [2.24, 2.45) is 5.92 Å². The molecule has 1 aliphatic carbocycles. The third kappa shape index (κ3) is 2.07. The molecule has 3 atom stereocenters. The molecule has 2 rings (SSSR count). The number of alkyl halides is 3. The van der Waals surface area contributed by atoms with Crippen molar-refractivity contribution in [1.82, 2.24) is 0 Å². The van der Waals surface area contributed by atoms with E-state index in [4.69, 9.17) is 5.26 Å². The van der Waals surface area contributed by atoms with Crippen LogP contribution >= 0.6 is 0 Å². The number of rotatable bonds is 1. The molecule has 0 amide bonds. The number of fused-ring (bicyclic) bond motifs is 1. The van der Waals surface area contributed by atoms with Crippen molar-refractivity contribution in [3.63, 3.8) is 0 Å². The van der Waals surface area contributed by atoms with E-state index in [0.717, 1.165) is 6.07 Å². The normalized spacial score (nSPS) is 23.4. The topological polar surface area (TPSA) is 81.3 Å². The largest absolute Gasteiger partial charge is 0.417 e. The number of carbonyl (C=O) groups excluding carboxylic acids is 1. The van der Waals surface area contributed by atoms with Crippen LogP contribution in [0.4, 0.5) is 13.2 Å². The fourth-order valence-corrected chi connectivity index (χ4v) is 2.45. The van der Waals surface area contributed by atoms with Crippen molar-refractivity contribution in [2.45, 2.75) is 25.3 Å². The van der Waals surface area contributed by atoms with Gasteiger partial charge in [-0.25, -0.2) is 0 Å². The Morgan fingerprint density at radius 3 is 2.45 bits per heavy atom. The summed E-state index contributed by atoms with van der Waals surface area (Å²) in [5.41, 5.74) is -2.46. The maximum atomic E-state index is 13.0. The second kappa shape index (κ2) is 4.58. The molecule has 0 fully saturated rings. The van der Waals surface area contributed by atoms with Gasteiger partial charge in [0.15, 0.2) is 5.78 Å². The Labute approximate surface area is 112 Å². The molecule has 3 unspecified atom stereocenters. The number of hydrogen-bond acceptors (Lipinski definition) is 4. The second-order valence-electron chi connectivity index (χ2n) is 4.67. The molecule has 0 aromatic heterocycles. The Hall–Kier alpha value is -1.91. The summed E-state index contributed by atoms with van der Waals surface area (Å²) in [7, 11) is 0. The van der Waals surface area contributed by atoms with Gasteiger partial charge in [-0.15, -0.1) is 0 Å². The average molecular weight is 285 g/mol. The van der Waals surface area contributed by atoms with Gasteiger partial charge in [-0.05, 0) is 24.6 Å². The van der Waals surface area contributed by atoms with Crippen molar-refractivity contribution in [1.29, 1.82) is 5.26 Å². The predicted octanol–water partition coefficient (Wildman–Crippen LogP) is 1.80. The van der Waals surface area contributed by atoms with E-state index in [0.29, 0.717) is 6.07 Å². The van der Waals surface area contributed by atoms with E-state index in [-0.39, 0.29) is 11.1 Å². The number of aliphatic hydroxyl groups is 2. The molecule has 0 saturated carbocycles. The highest BCUT2D eigenvalue weighted by Crippen LogP contribution is 2.44. The highest BCUT2D eigenvalue weighted by atomic mass is 19.4. The SMILES string of the molecule is CC(O)C1C(=O)c2c(cc(C#N)cc2C(F)(F)F)C1O. The number of benzene rings is 1. The van der Waals surface area contributed by atoms with Gasteiger partial charge in [0, 0.05) is 5.56 Å². The van der Waals surface area contributed by atoms with E-state index >= 15 is 0 Å². The van der Waals surface area contributed by atoms with Crippen LogP contribution in [0.2, 0.25) is 0 Å². The second-order valence-corrected chi connectivity index (χ2v) is 4.67. The zero-order valence-corrected chi connectivity index (χ0v) is 10.3. The molecule has 20 heavy (non-hydrogen) atoms. The molecule has 1 aromatic carbocycles. The summed E-state index contributed by atoms with van der Waals surface area (Å²) in [4.78, 5) is 12.0. The van der Waals surface area contributed by atoms with E-state index in [2.05, 4.69) is 0 Å². The summed E-state index contributed by atoms with van der Waals surface area (Å²) in [6.07, 6.45) is -7.66. The van der Waals surface area contributed by atoms with Gasteiger partial charge in [-0.3, -0.25) is 4.79 Å². The quantitative estimate of drug-likeness (QED) is 0.824. The lowest BCUT2D eigenvalue weighted by Crippen LogP contribution is -2.26. The Morgan fingerprint density at radius 2 is 2.00 bits per heavy atom. The third-order valence-electron chi connectivity index (χ3n) is 3.33. The zero-order chi connectivity index (χ0) is 15.2. The first kappa shape index (κ1) is 14.5. The smallest absolute Gasteiger partial charge is 0.393 e. The lowest BCUT2D eigenvalue weighted by Gasteiger charge is -2.16. The summed E-state index contributed by atoms with van der Waals surface area (Å²) < 4.78 is 38.9. The van der Waals surface area contributed by atoms with Gasteiger partial charge >= 0.3 is 6.18 Å². The van der Waals surface area contributed by atoms with Crippen LogP contribution in [0.25, 0.3) is 0 Å². The lowest BCUT2D eigenvalue weighted by atomic mass is 9.96. The molecular formula is C13H10F3NO3. The fourth-order valence-electron chi connectivity index (χ4n) is 2.45. The molecule has 0 aliphatic heterocycles. The summed E-state index contributed by atoms with van der Waals surface area (Å²) in [5, 5.41) is 28.1. The van der Waals surface area contributed by atoms with Gasteiger partial charge in [0.05, 0.1) is 35.3 Å². The van der Waals surface area contributed by atoms with Crippen LogP contribution in [-0.2, 0) is 6.18 Å². The van der Waals surface area contributed by atoms with E-state index in [1.54, 1.807) is 6.07 Å². The Balaban J connectivity index is 2.74. The molecule has 0 heterocycles. The van der Waals surface area contributed by atoms with E-state index in [9.17, 15) is 28.2 Å². The maximum Gasteiger partial charge on any atom is 0.417 e. The molecule has 7 heteroatoms. The van der Waals surface area contributed by atoms with Crippen LogP contribution in [0.1, 0.15) is 40.1 Å². The highest BCUT2D eigenvalue weighted by molar-refractivity contribution is 6.04. The lowest BCUT2D eigenvalue weighted by molar-refractivity contribution is -0.137. The average Bonchev–Trinajstić information content (AvgIpc) is 2.59. The van der Waals surface area contributed by atoms with Crippen LogP contribution in [-0.4, -0.2) is 22.1 Å². The fraction of sp³-hybridized carbons (Fsp3) is 0.385. The van der Waals surface area contributed by atoms with E-state index in [1.807, 2.05) is 0 Å². The molecule has 0 radical (unpaired) electrons. The standard InChI is InChI=1S/C13H10F3NO3/c1-5(18)9-11(19)7-2-6(4-17)3-8(13(14,15)16)10(7)12(9)20/h2-3,5,9,11,18-19H,1H3. The van der Waals surface area contributed by atoms with Crippen molar-refractivity contribution in [2.75, 3.05) is 0 Å². The summed E-state index contributed by atoms with van der Waals surface area (Å²) >= 11 is 0. The van der Waals surface area contributed by atoms with E-state index < -0.39 is 41.2 Å². The Kier molecular flexibility index (Phi) is 3.32. The molecule has 1 aliphatic rings. The molecule has 4 nitrogen and oxygen atoms in total. The molecule has 0 bridgehead atoms. The number of nitrogens with zero attached hydrogens (tertiary/aromatic N) is 1. The number of aliphatic hydroxyl groups excluding tert-OH is 2. The summed E-state index contributed by atoms with van der Waals surface area (Å²) in [6.45, 7) is 1.22. The molecule has 1 aromatic rings. The van der Waals surface area contributed by atoms with Crippen LogP contribution in [0.5, 0.6) is 0 Å². The monoisotopic (exact) mass is 285 g/mol. The van der Waals surface area contributed by atoms with Crippen LogP contribution < -0.4 is 0 Å². The van der Waals surface area contributed by atoms with E-state index in [1.165, 1.54) is 6.92 Å². The van der Waals surface area contributed by atoms with Gasteiger partial charge in [-0.2, -0.15) is 18.4 Å². The first-order valence-corrected chi connectivity index (χ1v) is 5.74. The van der Waals surface area contributed by atoms with Crippen molar-refractivity contribution in [3.05, 3.63) is 34.4 Å². The number of hydrogen-bond donors (Lipinski definition) is 2. The number of nitriles is 1. The number of Topliss-reactive ketones (excluding diaryl/α,β-unsaturated/α-hetero) is 1. The minimum Gasteiger partial charge on any atom is -0.393 e. The molecule has 0 saturated heterocycles. The Bertz CT molecular complexity index is 617. The summed E-state index contributed by atoms with van der Waals surface area (Å²) in [5.74, 6) is -2.31. The van der Waals surface area contributed by atoms with Gasteiger partial charge in [0.1, 0.15) is 0 Å². The van der Waals surface area contributed by atoms with Crippen molar-refractivity contribution >= 4 is 5.78 Å². The van der Waals surface area contributed by atoms with Gasteiger partial charge in [-0.1, -0.05) is 0 Å². The van der Waals surface area contributed by atoms with Gasteiger partial charge in [0.25, 0.3) is 0 Å². The number of carbonyl (C=O) groups is 1. The number of ketones is 1. The van der Waals surface area contributed by atoms with Crippen LogP contribution in [0.3, 0.4) is 0 Å². The predicted molar refractivity (Wildman–Crippen MR) is 60.6 cm³/mol. The molecular weight excluding hydrogens is 275 g/mol. The molecule has 0 spiro atoms. The van der Waals surface area contributed by atoms with Crippen LogP contribution in [0, 0.1) is 17.2 Å². The Morgan fingerprint density at radius 1 is 1.40 bits per heavy atom. The van der Waals surface area contributed by atoms with Crippen LogP contribution in [0.15, 0.2) is 12.1 Å². The van der Waals surface area contributed by atoms with Crippen molar-refractivity contribution < 1.29 is 28.2 Å². The van der Waals surface area contributed by atoms with Gasteiger partial charge in [0.2, 0.25) is 0 Å².